The van der Waals surface area contributed by atoms with Gasteiger partial charge in [0.1, 0.15) is 16.4 Å². The predicted octanol–water partition coefficient (Wildman–Crippen LogP) is 3.62. The van der Waals surface area contributed by atoms with Crippen molar-refractivity contribution in [2.75, 3.05) is 45.3 Å². The van der Waals surface area contributed by atoms with Crippen LogP contribution < -0.4 is 14.4 Å². The van der Waals surface area contributed by atoms with Gasteiger partial charge in [-0.25, -0.2) is 22.2 Å². The second-order valence-electron chi connectivity index (χ2n) is 7.05. The summed E-state index contributed by atoms with van der Waals surface area (Å²) in [6.45, 7) is 1.41. The van der Waals surface area contributed by atoms with E-state index in [0.29, 0.717) is 35.2 Å². The van der Waals surface area contributed by atoms with Crippen LogP contribution in [0.4, 0.5) is 13.9 Å². The van der Waals surface area contributed by atoms with Gasteiger partial charge in [0, 0.05) is 43.2 Å². The number of sulfonamides is 1. The summed E-state index contributed by atoms with van der Waals surface area (Å²) in [5.41, 5.74) is 1.03. The highest BCUT2D eigenvalue weighted by atomic mass is 32.2. The Bertz CT molecular complexity index is 1230. The summed E-state index contributed by atoms with van der Waals surface area (Å²) in [4.78, 5) is 6.55. The highest BCUT2D eigenvalue weighted by Crippen LogP contribution is 2.33. The number of hydrogen-bond acceptors (Lipinski definition) is 7. The van der Waals surface area contributed by atoms with Crippen LogP contribution in [0.2, 0.25) is 0 Å². The molecule has 1 saturated heterocycles. The number of ether oxygens (including phenoxy) is 2. The van der Waals surface area contributed by atoms with Gasteiger partial charge in [0.05, 0.1) is 19.9 Å². The molecule has 7 nitrogen and oxygen atoms in total. The zero-order valence-electron chi connectivity index (χ0n) is 17.4. The number of methoxy groups -OCH3 is 2. The van der Waals surface area contributed by atoms with E-state index in [1.54, 1.807) is 17.5 Å². The standard InChI is InChI=1S/C21H21F2N3O4S2/c1-29-15-4-6-19(30-2)20(12-15)32(27,28)26-9-7-25(8-10-26)21-24-18(13-31-21)14-3-5-16(22)17(23)11-14/h3-6,11-13H,7-10H2,1-2H3. The average Bonchev–Trinajstić information content (AvgIpc) is 3.31. The highest BCUT2D eigenvalue weighted by molar-refractivity contribution is 7.89. The summed E-state index contributed by atoms with van der Waals surface area (Å²) in [6.07, 6.45) is 0. The normalized spacial score (nSPS) is 15.1. The molecule has 0 aliphatic carbocycles. The molecule has 0 N–H and O–H groups in total. The van der Waals surface area contributed by atoms with E-state index >= 15 is 0 Å². The maximum Gasteiger partial charge on any atom is 0.247 e. The van der Waals surface area contributed by atoms with Gasteiger partial charge < -0.3 is 14.4 Å². The van der Waals surface area contributed by atoms with Crippen LogP contribution >= 0.6 is 11.3 Å². The minimum absolute atomic E-state index is 0.0580. The molecule has 0 saturated carbocycles. The van der Waals surface area contributed by atoms with E-state index in [1.165, 1.54) is 42.0 Å². The van der Waals surface area contributed by atoms with E-state index in [9.17, 15) is 17.2 Å². The van der Waals surface area contributed by atoms with Gasteiger partial charge in [-0.15, -0.1) is 11.3 Å². The average molecular weight is 482 g/mol. The third-order valence-electron chi connectivity index (χ3n) is 5.21. The molecule has 1 fully saturated rings. The van der Waals surface area contributed by atoms with Gasteiger partial charge in [-0.3, -0.25) is 0 Å². The van der Waals surface area contributed by atoms with Crippen molar-refractivity contribution < 1.29 is 26.7 Å². The molecule has 0 amide bonds. The second kappa shape index (κ2) is 9.00. The number of aromatic nitrogens is 1. The summed E-state index contributed by atoms with van der Waals surface area (Å²) in [7, 11) is -0.888. The van der Waals surface area contributed by atoms with Gasteiger partial charge in [0.15, 0.2) is 16.8 Å². The minimum Gasteiger partial charge on any atom is -0.497 e. The molecule has 0 radical (unpaired) electrons. The maximum absolute atomic E-state index is 13.5. The number of thiazole rings is 1. The third-order valence-corrected chi connectivity index (χ3v) is 8.03. The summed E-state index contributed by atoms with van der Waals surface area (Å²) < 4.78 is 65.0. The molecular formula is C21H21F2N3O4S2. The van der Waals surface area contributed by atoms with Crippen LogP contribution in [-0.2, 0) is 10.0 Å². The fraction of sp³-hybridized carbons (Fsp3) is 0.286. The Hall–Kier alpha value is -2.76. The molecule has 32 heavy (non-hydrogen) atoms. The van der Waals surface area contributed by atoms with Crippen molar-refractivity contribution in [2.24, 2.45) is 0 Å². The van der Waals surface area contributed by atoms with Crippen LogP contribution in [0.5, 0.6) is 11.5 Å². The first-order chi connectivity index (χ1) is 15.3. The second-order valence-corrected chi connectivity index (χ2v) is 9.80. The Morgan fingerprint density at radius 1 is 0.969 bits per heavy atom. The fourth-order valence-electron chi connectivity index (χ4n) is 3.44. The number of hydrogen-bond donors (Lipinski definition) is 0. The first kappa shape index (κ1) is 22.4. The van der Waals surface area contributed by atoms with Gasteiger partial charge in [-0.05, 0) is 30.3 Å². The molecule has 1 aromatic heterocycles. The van der Waals surface area contributed by atoms with Crippen LogP contribution in [-0.4, -0.2) is 58.1 Å². The molecule has 1 aliphatic rings. The molecule has 0 atom stereocenters. The smallest absolute Gasteiger partial charge is 0.247 e. The third kappa shape index (κ3) is 4.27. The zero-order valence-corrected chi connectivity index (χ0v) is 19.0. The van der Waals surface area contributed by atoms with Crippen molar-refractivity contribution in [3.05, 3.63) is 53.4 Å². The van der Waals surface area contributed by atoms with E-state index in [0.717, 1.165) is 12.1 Å². The molecule has 0 unspecified atom stereocenters. The molecule has 2 heterocycles. The number of halogens is 2. The molecule has 1 aliphatic heterocycles. The van der Waals surface area contributed by atoms with Gasteiger partial charge in [0.25, 0.3) is 0 Å². The Morgan fingerprint density at radius 3 is 2.38 bits per heavy atom. The van der Waals surface area contributed by atoms with Gasteiger partial charge >= 0.3 is 0 Å². The first-order valence-corrected chi connectivity index (χ1v) is 12.0. The van der Waals surface area contributed by atoms with Gasteiger partial charge in [0.2, 0.25) is 10.0 Å². The van der Waals surface area contributed by atoms with Crippen molar-refractivity contribution in [1.82, 2.24) is 9.29 Å². The van der Waals surface area contributed by atoms with Crippen molar-refractivity contribution in [3.63, 3.8) is 0 Å². The van der Waals surface area contributed by atoms with Crippen LogP contribution in [0.25, 0.3) is 11.3 Å². The van der Waals surface area contributed by atoms with E-state index in [-0.39, 0.29) is 23.7 Å². The molecule has 170 valence electrons. The number of anilines is 1. The van der Waals surface area contributed by atoms with Crippen LogP contribution in [0.1, 0.15) is 0 Å². The Labute approximate surface area is 188 Å². The zero-order chi connectivity index (χ0) is 22.9. The largest absolute Gasteiger partial charge is 0.497 e. The molecule has 3 aromatic rings. The van der Waals surface area contributed by atoms with Crippen LogP contribution in [0.15, 0.2) is 46.7 Å². The van der Waals surface area contributed by atoms with Crippen LogP contribution in [0.3, 0.4) is 0 Å². The van der Waals surface area contributed by atoms with Crippen molar-refractivity contribution >= 4 is 26.5 Å². The lowest BCUT2D eigenvalue weighted by atomic mass is 10.2. The lowest BCUT2D eigenvalue weighted by Crippen LogP contribution is -2.48. The molecule has 0 spiro atoms. The summed E-state index contributed by atoms with van der Waals surface area (Å²) in [6, 6.07) is 8.32. The highest BCUT2D eigenvalue weighted by Gasteiger charge is 2.32. The van der Waals surface area contributed by atoms with Crippen molar-refractivity contribution in [2.45, 2.75) is 4.90 Å². The Kier molecular flexibility index (Phi) is 6.31. The van der Waals surface area contributed by atoms with Gasteiger partial charge in [-0.1, -0.05) is 0 Å². The molecule has 0 bridgehead atoms. The van der Waals surface area contributed by atoms with E-state index < -0.39 is 21.7 Å². The number of piperazine rings is 1. The summed E-state index contributed by atoms with van der Waals surface area (Å²) >= 11 is 1.37. The number of rotatable bonds is 6. The molecule has 11 heteroatoms. The number of nitrogens with zero attached hydrogens (tertiary/aromatic N) is 3. The Balaban J connectivity index is 1.49. The molecular weight excluding hydrogens is 460 g/mol. The lowest BCUT2D eigenvalue weighted by molar-refractivity contribution is 0.370. The summed E-state index contributed by atoms with van der Waals surface area (Å²) in [5.74, 6) is -1.15. The molecule has 4 rings (SSSR count). The number of benzene rings is 2. The first-order valence-electron chi connectivity index (χ1n) is 9.71. The fourth-order valence-corrected chi connectivity index (χ4v) is 5.92. The van der Waals surface area contributed by atoms with Crippen LogP contribution in [0, 0.1) is 11.6 Å². The van der Waals surface area contributed by atoms with E-state index in [1.807, 2.05) is 4.90 Å². The lowest BCUT2D eigenvalue weighted by Gasteiger charge is -2.34. The van der Waals surface area contributed by atoms with E-state index in [2.05, 4.69) is 4.98 Å². The quantitative estimate of drug-likeness (QED) is 0.536. The minimum atomic E-state index is -3.78. The van der Waals surface area contributed by atoms with Gasteiger partial charge in [-0.2, -0.15) is 4.31 Å². The monoisotopic (exact) mass is 481 g/mol. The SMILES string of the molecule is COc1ccc(OC)c(S(=O)(=O)N2CCN(c3nc(-c4ccc(F)c(F)c4)cs3)CC2)c1. The molecule has 2 aromatic carbocycles. The Morgan fingerprint density at radius 2 is 1.72 bits per heavy atom. The van der Waals surface area contributed by atoms with E-state index in [4.69, 9.17) is 9.47 Å². The predicted molar refractivity (Wildman–Crippen MR) is 118 cm³/mol. The summed E-state index contributed by atoms with van der Waals surface area (Å²) in [5, 5.41) is 2.47. The maximum atomic E-state index is 13.5. The topological polar surface area (TPSA) is 72.0 Å². The van der Waals surface area contributed by atoms with Crippen molar-refractivity contribution in [1.29, 1.82) is 0 Å². The van der Waals surface area contributed by atoms with Crippen molar-refractivity contribution in [3.8, 4) is 22.8 Å².